The number of hydrogen-bond acceptors (Lipinski definition) is 3. The van der Waals surface area contributed by atoms with Crippen LogP contribution in [0.2, 0.25) is 10.0 Å². The number of benzene rings is 2. The third-order valence-corrected chi connectivity index (χ3v) is 3.35. The average molecular weight is 311 g/mol. The molecule has 0 unspecified atom stereocenters. The van der Waals surface area contributed by atoms with E-state index in [1.165, 1.54) is 6.07 Å². The van der Waals surface area contributed by atoms with Gasteiger partial charge in [-0.3, -0.25) is 10.1 Å². The maximum atomic E-state index is 10.8. The molecule has 0 amide bonds. The van der Waals surface area contributed by atoms with Crippen molar-refractivity contribution in [1.29, 1.82) is 0 Å². The van der Waals surface area contributed by atoms with Crippen molar-refractivity contribution in [3.63, 3.8) is 0 Å². The van der Waals surface area contributed by atoms with E-state index in [1.807, 2.05) is 24.3 Å². The summed E-state index contributed by atoms with van der Waals surface area (Å²) >= 11 is 11.6. The zero-order chi connectivity index (χ0) is 14.5. The predicted octanol–water partition coefficient (Wildman–Crippen LogP) is 4.19. The molecule has 0 fully saturated rings. The van der Waals surface area contributed by atoms with E-state index < -0.39 is 4.92 Å². The van der Waals surface area contributed by atoms with E-state index in [0.717, 1.165) is 11.1 Å². The van der Waals surface area contributed by atoms with Gasteiger partial charge in [-0.2, -0.15) is 0 Å². The van der Waals surface area contributed by atoms with E-state index in [-0.39, 0.29) is 10.7 Å². The third kappa shape index (κ3) is 3.93. The zero-order valence-electron chi connectivity index (χ0n) is 10.5. The van der Waals surface area contributed by atoms with Crippen molar-refractivity contribution in [2.75, 3.05) is 0 Å². The molecule has 0 aliphatic rings. The number of nitrogens with one attached hydrogen (secondary N) is 1. The Balaban J connectivity index is 1.96. The second kappa shape index (κ2) is 6.70. The fourth-order valence-electron chi connectivity index (χ4n) is 1.76. The van der Waals surface area contributed by atoms with Crippen LogP contribution in [-0.4, -0.2) is 4.92 Å². The van der Waals surface area contributed by atoms with Crippen molar-refractivity contribution in [1.82, 2.24) is 5.32 Å². The molecular weight excluding hydrogens is 299 g/mol. The van der Waals surface area contributed by atoms with E-state index >= 15 is 0 Å². The highest BCUT2D eigenvalue weighted by Gasteiger charge is 2.12. The van der Waals surface area contributed by atoms with Gasteiger partial charge < -0.3 is 5.32 Å². The van der Waals surface area contributed by atoms with Crippen LogP contribution >= 0.6 is 23.2 Å². The maximum absolute atomic E-state index is 10.8. The number of hydrogen-bond donors (Lipinski definition) is 1. The second-order valence-corrected chi connectivity index (χ2v) is 5.12. The summed E-state index contributed by atoms with van der Waals surface area (Å²) in [5, 5.41) is 14.8. The van der Waals surface area contributed by atoms with Gasteiger partial charge in [0.15, 0.2) is 0 Å². The van der Waals surface area contributed by atoms with Gasteiger partial charge in [-0.25, -0.2) is 0 Å². The molecule has 20 heavy (non-hydrogen) atoms. The number of halogens is 2. The van der Waals surface area contributed by atoms with Crippen molar-refractivity contribution in [3.05, 3.63) is 73.8 Å². The monoisotopic (exact) mass is 310 g/mol. The van der Waals surface area contributed by atoms with Crippen LogP contribution in [0, 0.1) is 10.1 Å². The van der Waals surface area contributed by atoms with Gasteiger partial charge in [0.2, 0.25) is 0 Å². The van der Waals surface area contributed by atoms with Crippen molar-refractivity contribution in [3.8, 4) is 0 Å². The zero-order valence-corrected chi connectivity index (χ0v) is 12.0. The van der Waals surface area contributed by atoms with E-state index in [1.54, 1.807) is 12.1 Å². The van der Waals surface area contributed by atoms with Crippen molar-refractivity contribution in [2.24, 2.45) is 0 Å². The minimum Gasteiger partial charge on any atom is -0.309 e. The van der Waals surface area contributed by atoms with Gasteiger partial charge in [0.25, 0.3) is 5.69 Å². The lowest BCUT2D eigenvalue weighted by molar-refractivity contribution is -0.384. The van der Waals surface area contributed by atoms with Crippen LogP contribution in [0.3, 0.4) is 0 Å². The summed E-state index contributed by atoms with van der Waals surface area (Å²) in [4.78, 5) is 10.3. The minimum absolute atomic E-state index is 0.0718. The molecule has 0 aromatic heterocycles. The van der Waals surface area contributed by atoms with Gasteiger partial charge >= 0.3 is 0 Å². The van der Waals surface area contributed by atoms with Crippen LogP contribution < -0.4 is 5.32 Å². The van der Waals surface area contributed by atoms with E-state index in [2.05, 4.69) is 5.32 Å². The normalized spacial score (nSPS) is 10.5. The molecule has 0 bridgehead atoms. The summed E-state index contributed by atoms with van der Waals surface area (Å²) in [5.41, 5.74) is 1.84. The summed E-state index contributed by atoms with van der Waals surface area (Å²) in [6.07, 6.45) is 0. The van der Waals surface area contributed by atoms with Gasteiger partial charge in [0, 0.05) is 24.2 Å². The minimum atomic E-state index is -0.481. The first kappa shape index (κ1) is 14.8. The first-order valence-corrected chi connectivity index (χ1v) is 6.70. The van der Waals surface area contributed by atoms with Crippen LogP contribution in [-0.2, 0) is 13.1 Å². The Hall–Kier alpha value is -1.62. The summed E-state index contributed by atoms with van der Waals surface area (Å²) in [5.74, 6) is 0. The maximum Gasteiger partial charge on any atom is 0.288 e. The van der Waals surface area contributed by atoms with Crippen LogP contribution in [0.25, 0.3) is 0 Å². The molecule has 2 aromatic rings. The molecule has 1 N–H and O–H groups in total. The molecule has 2 aromatic carbocycles. The molecular formula is C14H12Cl2N2O2. The molecule has 0 saturated carbocycles. The number of nitro groups is 1. The highest BCUT2D eigenvalue weighted by atomic mass is 35.5. The van der Waals surface area contributed by atoms with E-state index in [0.29, 0.717) is 18.1 Å². The van der Waals surface area contributed by atoms with Gasteiger partial charge in [-0.1, -0.05) is 41.4 Å². The SMILES string of the molecule is O=[N+]([O-])c1cc(CNCc2ccc(Cl)cc2)ccc1Cl. The first-order valence-electron chi connectivity index (χ1n) is 5.94. The Morgan fingerprint density at radius 2 is 1.60 bits per heavy atom. The fourth-order valence-corrected chi connectivity index (χ4v) is 2.07. The second-order valence-electron chi connectivity index (χ2n) is 4.27. The molecule has 0 spiro atoms. The lowest BCUT2D eigenvalue weighted by Crippen LogP contribution is -2.12. The lowest BCUT2D eigenvalue weighted by atomic mass is 10.2. The molecule has 0 heterocycles. The lowest BCUT2D eigenvalue weighted by Gasteiger charge is -2.06. The number of rotatable bonds is 5. The molecule has 0 aliphatic heterocycles. The van der Waals surface area contributed by atoms with E-state index in [9.17, 15) is 10.1 Å². The third-order valence-electron chi connectivity index (χ3n) is 2.78. The Morgan fingerprint density at radius 1 is 1.00 bits per heavy atom. The summed E-state index contributed by atoms with van der Waals surface area (Å²) in [6.45, 7) is 1.19. The highest BCUT2D eigenvalue weighted by Crippen LogP contribution is 2.25. The Bertz CT molecular complexity index is 615. The van der Waals surface area contributed by atoms with Gasteiger partial charge in [0.05, 0.1) is 4.92 Å². The van der Waals surface area contributed by atoms with Crippen LogP contribution in [0.5, 0.6) is 0 Å². The molecule has 2 rings (SSSR count). The van der Waals surface area contributed by atoms with Gasteiger partial charge in [-0.15, -0.1) is 0 Å². The topological polar surface area (TPSA) is 55.2 Å². The van der Waals surface area contributed by atoms with Crippen LogP contribution in [0.15, 0.2) is 42.5 Å². The number of nitro benzene ring substituents is 1. The largest absolute Gasteiger partial charge is 0.309 e. The Labute approximate surface area is 126 Å². The van der Waals surface area contributed by atoms with Crippen molar-refractivity contribution in [2.45, 2.75) is 13.1 Å². The first-order chi connectivity index (χ1) is 9.56. The Kier molecular flexibility index (Phi) is 4.95. The number of nitrogens with zero attached hydrogens (tertiary/aromatic N) is 1. The summed E-state index contributed by atoms with van der Waals surface area (Å²) in [6, 6.07) is 12.3. The molecule has 0 aliphatic carbocycles. The summed E-state index contributed by atoms with van der Waals surface area (Å²) < 4.78 is 0. The molecule has 6 heteroatoms. The standard InChI is InChI=1S/C14H12Cl2N2O2/c15-12-4-1-10(2-5-12)8-17-9-11-3-6-13(16)14(7-11)18(19)20/h1-7,17H,8-9H2. The highest BCUT2D eigenvalue weighted by molar-refractivity contribution is 6.32. The quantitative estimate of drug-likeness (QED) is 0.665. The average Bonchev–Trinajstić information content (AvgIpc) is 2.42. The van der Waals surface area contributed by atoms with Crippen molar-refractivity contribution < 1.29 is 4.92 Å². The smallest absolute Gasteiger partial charge is 0.288 e. The molecule has 4 nitrogen and oxygen atoms in total. The van der Waals surface area contributed by atoms with Crippen molar-refractivity contribution >= 4 is 28.9 Å². The molecule has 0 atom stereocenters. The molecule has 104 valence electrons. The van der Waals surface area contributed by atoms with Crippen LogP contribution in [0.4, 0.5) is 5.69 Å². The summed E-state index contributed by atoms with van der Waals surface area (Å²) in [7, 11) is 0. The van der Waals surface area contributed by atoms with E-state index in [4.69, 9.17) is 23.2 Å². The molecule has 0 saturated heterocycles. The van der Waals surface area contributed by atoms with Gasteiger partial charge in [0.1, 0.15) is 5.02 Å². The predicted molar refractivity (Wildman–Crippen MR) is 80.1 cm³/mol. The van der Waals surface area contributed by atoms with Crippen LogP contribution in [0.1, 0.15) is 11.1 Å². The fraction of sp³-hybridized carbons (Fsp3) is 0.143. The Morgan fingerprint density at radius 3 is 2.25 bits per heavy atom. The molecule has 0 radical (unpaired) electrons. The van der Waals surface area contributed by atoms with Gasteiger partial charge in [-0.05, 0) is 29.3 Å².